The average molecular weight is 377 g/mol. The maximum absolute atomic E-state index is 4.84. The molecule has 28 heavy (non-hydrogen) atoms. The lowest BCUT2D eigenvalue weighted by Gasteiger charge is -2.26. The van der Waals surface area contributed by atoms with Gasteiger partial charge >= 0.3 is 0 Å². The van der Waals surface area contributed by atoms with E-state index in [1.54, 1.807) is 0 Å². The van der Waals surface area contributed by atoms with Gasteiger partial charge in [0, 0.05) is 37.7 Å². The van der Waals surface area contributed by atoms with E-state index in [0.717, 1.165) is 49.8 Å². The first-order valence-corrected chi connectivity index (χ1v) is 10.5. The molecule has 4 heterocycles. The molecule has 0 unspecified atom stereocenters. The zero-order chi connectivity index (χ0) is 18.8. The Morgan fingerprint density at radius 1 is 1.00 bits per heavy atom. The Labute approximate surface area is 166 Å². The largest absolute Gasteiger partial charge is 0.311 e. The monoisotopic (exact) mass is 376 g/mol. The molecule has 1 fully saturated rings. The number of aryl methyl sites for hydroxylation is 1. The molecule has 0 saturated carbocycles. The van der Waals surface area contributed by atoms with E-state index in [9.17, 15) is 0 Å². The highest BCUT2D eigenvalue weighted by atomic mass is 15.3. The zero-order valence-corrected chi connectivity index (χ0v) is 16.3. The average Bonchev–Trinajstić information content (AvgIpc) is 3.31. The highest BCUT2D eigenvalue weighted by Gasteiger charge is 2.17. The third kappa shape index (κ3) is 3.62. The highest BCUT2D eigenvalue weighted by molar-refractivity contribution is 5.55. The first-order valence-electron chi connectivity index (χ1n) is 10.5. The van der Waals surface area contributed by atoms with Crippen molar-refractivity contribution in [2.24, 2.45) is 0 Å². The number of likely N-dealkylation sites (tertiary alicyclic amines) is 1. The van der Waals surface area contributed by atoms with Gasteiger partial charge in [-0.15, -0.1) is 0 Å². The minimum atomic E-state index is 0.874. The van der Waals surface area contributed by atoms with Crippen LogP contribution in [0.25, 0.3) is 17.2 Å². The first-order chi connectivity index (χ1) is 13.9. The van der Waals surface area contributed by atoms with Gasteiger partial charge in [0.15, 0.2) is 5.82 Å². The summed E-state index contributed by atoms with van der Waals surface area (Å²) in [6.07, 6.45) is 9.05. The Hall–Kier alpha value is -2.44. The number of hydrogen-bond donors (Lipinski definition) is 1. The maximum atomic E-state index is 4.84. The molecule has 5 rings (SSSR count). The van der Waals surface area contributed by atoms with E-state index in [-0.39, 0.29) is 0 Å². The van der Waals surface area contributed by atoms with Gasteiger partial charge in [0.2, 0.25) is 0 Å². The van der Waals surface area contributed by atoms with Crippen LogP contribution in [-0.4, -0.2) is 43.9 Å². The fourth-order valence-electron chi connectivity index (χ4n) is 4.35. The van der Waals surface area contributed by atoms with E-state index in [0.29, 0.717) is 0 Å². The summed E-state index contributed by atoms with van der Waals surface area (Å²) in [4.78, 5) is 7.20. The van der Waals surface area contributed by atoms with Crippen LogP contribution >= 0.6 is 0 Å². The molecule has 1 N–H and O–H groups in total. The minimum Gasteiger partial charge on any atom is -0.311 e. The van der Waals surface area contributed by atoms with Crippen molar-refractivity contribution in [1.82, 2.24) is 29.5 Å². The smallest absolute Gasteiger partial charge is 0.165 e. The first kappa shape index (κ1) is 17.6. The molecule has 1 saturated heterocycles. The molecule has 146 valence electrons. The normalized spacial score (nSPS) is 18.0. The van der Waals surface area contributed by atoms with Crippen LogP contribution in [0.5, 0.6) is 0 Å². The molecule has 2 aromatic heterocycles. The second kappa shape index (κ2) is 7.89. The second-order valence-electron chi connectivity index (χ2n) is 7.90. The van der Waals surface area contributed by atoms with Crippen molar-refractivity contribution < 1.29 is 0 Å². The van der Waals surface area contributed by atoms with E-state index in [4.69, 9.17) is 5.10 Å². The fraction of sp³-hybridized carbons (Fsp3) is 0.455. The summed E-state index contributed by atoms with van der Waals surface area (Å²) in [5, 5.41) is 8.30. The van der Waals surface area contributed by atoms with E-state index >= 15 is 0 Å². The summed E-state index contributed by atoms with van der Waals surface area (Å²) in [6.45, 7) is 6.36. The molecule has 0 radical (unpaired) electrons. The summed E-state index contributed by atoms with van der Waals surface area (Å²) in [6, 6.07) is 11.0. The number of benzene rings is 1. The lowest BCUT2D eigenvalue weighted by molar-refractivity contribution is 0.221. The summed E-state index contributed by atoms with van der Waals surface area (Å²) >= 11 is 0. The molecular weight excluding hydrogens is 348 g/mol. The Balaban J connectivity index is 1.42. The molecule has 3 aromatic rings. The van der Waals surface area contributed by atoms with Gasteiger partial charge in [0.05, 0.1) is 5.69 Å². The third-order valence-electron chi connectivity index (χ3n) is 5.81. The molecule has 0 amide bonds. The molecule has 2 aliphatic heterocycles. The fourth-order valence-corrected chi connectivity index (χ4v) is 4.35. The summed E-state index contributed by atoms with van der Waals surface area (Å²) in [5.74, 6) is 0.913. The van der Waals surface area contributed by atoms with Crippen LogP contribution in [0.15, 0.2) is 42.7 Å². The standard InChI is InChI=1S/C22H28N6/c1-2-10-26(11-3-1)17-18-6-4-7-19(14-18)27-13-9-24-22(27)21-15-20-16-23-8-5-12-28(20)25-21/h4,6-7,9,13-15,23H,1-3,5,8,10-12,16-17H2. The molecule has 0 spiro atoms. The quantitative estimate of drug-likeness (QED) is 0.760. The molecular formula is C22H28N6. The predicted molar refractivity (Wildman–Crippen MR) is 110 cm³/mol. The number of hydrogen-bond acceptors (Lipinski definition) is 4. The van der Waals surface area contributed by atoms with Gasteiger partial charge in [0.25, 0.3) is 0 Å². The Morgan fingerprint density at radius 3 is 2.86 bits per heavy atom. The lowest BCUT2D eigenvalue weighted by Crippen LogP contribution is -2.29. The summed E-state index contributed by atoms with van der Waals surface area (Å²) in [7, 11) is 0. The second-order valence-corrected chi connectivity index (χ2v) is 7.90. The molecule has 6 heteroatoms. The Morgan fingerprint density at radius 2 is 1.93 bits per heavy atom. The van der Waals surface area contributed by atoms with Gasteiger partial charge in [-0.1, -0.05) is 18.6 Å². The molecule has 0 aliphatic carbocycles. The zero-order valence-electron chi connectivity index (χ0n) is 16.3. The number of nitrogens with one attached hydrogen (secondary N) is 1. The highest BCUT2D eigenvalue weighted by Crippen LogP contribution is 2.23. The number of aromatic nitrogens is 4. The lowest BCUT2D eigenvalue weighted by atomic mass is 10.1. The molecule has 0 bridgehead atoms. The third-order valence-corrected chi connectivity index (χ3v) is 5.81. The van der Waals surface area contributed by atoms with Crippen LogP contribution in [-0.2, 0) is 19.6 Å². The van der Waals surface area contributed by atoms with Crippen molar-refractivity contribution >= 4 is 0 Å². The van der Waals surface area contributed by atoms with Gasteiger partial charge in [-0.3, -0.25) is 14.1 Å². The van der Waals surface area contributed by atoms with Crippen LogP contribution in [0.2, 0.25) is 0 Å². The molecule has 2 aliphatic rings. The number of piperidine rings is 1. The SMILES string of the molecule is c1cc(CN2CCCCC2)cc(-n2ccnc2-c2cc3n(n2)CCCNC3)c1. The van der Waals surface area contributed by atoms with Crippen LogP contribution in [0.3, 0.4) is 0 Å². The van der Waals surface area contributed by atoms with Gasteiger partial charge in [-0.2, -0.15) is 5.10 Å². The molecule has 1 aromatic carbocycles. The minimum absolute atomic E-state index is 0.874. The van der Waals surface area contributed by atoms with E-state index in [2.05, 4.69) is 54.8 Å². The van der Waals surface area contributed by atoms with Crippen LogP contribution < -0.4 is 5.32 Å². The van der Waals surface area contributed by atoms with E-state index in [1.165, 1.54) is 43.6 Å². The maximum Gasteiger partial charge on any atom is 0.165 e. The van der Waals surface area contributed by atoms with Crippen molar-refractivity contribution in [2.45, 2.75) is 45.3 Å². The Kier molecular flexibility index (Phi) is 4.97. The van der Waals surface area contributed by atoms with Gasteiger partial charge in [-0.05, 0) is 62.7 Å². The topological polar surface area (TPSA) is 50.9 Å². The van der Waals surface area contributed by atoms with Crippen LogP contribution in [0, 0.1) is 0 Å². The number of nitrogens with zero attached hydrogens (tertiary/aromatic N) is 5. The van der Waals surface area contributed by atoms with Crippen LogP contribution in [0.4, 0.5) is 0 Å². The van der Waals surface area contributed by atoms with Crippen molar-refractivity contribution in [3.05, 3.63) is 54.0 Å². The summed E-state index contributed by atoms with van der Waals surface area (Å²) in [5.41, 5.74) is 4.71. The number of rotatable bonds is 4. The van der Waals surface area contributed by atoms with Gasteiger partial charge in [0.1, 0.15) is 5.69 Å². The van der Waals surface area contributed by atoms with Crippen molar-refractivity contribution in [3.8, 4) is 17.2 Å². The van der Waals surface area contributed by atoms with Crippen LogP contribution in [0.1, 0.15) is 36.9 Å². The number of imidazole rings is 1. The van der Waals surface area contributed by atoms with Gasteiger partial charge in [-0.25, -0.2) is 4.98 Å². The van der Waals surface area contributed by atoms with E-state index in [1.807, 2.05) is 12.4 Å². The predicted octanol–water partition coefficient (Wildman–Crippen LogP) is 3.22. The van der Waals surface area contributed by atoms with Crippen molar-refractivity contribution in [1.29, 1.82) is 0 Å². The Bertz CT molecular complexity index is 911. The van der Waals surface area contributed by atoms with E-state index < -0.39 is 0 Å². The van der Waals surface area contributed by atoms with Crippen molar-refractivity contribution in [2.75, 3.05) is 19.6 Å². The van der Waals surface area contributed by atoms with Crippen molar-refractivity contribution in [3.63, 3.8) is 0 Å². The molecule has 6 nitrogen and oxygen atoms in total. The number of fused-ring (bicyclic) bond motifs is 1. The summed E-state index contributed by atoms with van der Waals surface area (Å²) < 4.78 is 4.29. The van der Waals surface area contributed by atoms with Gasteiger partial charge < -0.3 is 5.32 Å². The molecule has 0 atom stereocenters.